The number of sulfonamides is 1. The number of carbonyl (C=O) groups excluding carboxylic acids is 1. The van der Waals surface area contributed by atoms with E-state index in [4.69, 9.17) is 6.57 Å². The zero-order valence-corrected chi connectivity index (χ0v) is 24.6. The Balaban J connectivity index is 1.66. The van der Waals surface area contributed by atoms with Crippen LogP contribution in [0.2, 0.25) is 0 Å². The number of likely N-dealkylation sites (N-methyl/N-ethyl adjacent to an activating group) is 1. The minimum Gasteiger partial charge on any atom is -0.315 e. The number of anilines is 2. The van der Waals surface area contributed by atoms with E-state index in [9.17, 15) is 13.2 Å². The van der Waals surface area contributed by atoms with Gasteiger partial charge in [0, 0.05) is 44.7 Å². The highest BCUT2D eigenvalue weighted by Crippen LogP contribution is 2.62. The molecule has 2 atom stereocenters. The second kappa shape index (κ2) is 9.14. The van der Waals surface area contributed by atoms with Gasteiger partial charge < -0.3 is 4.90 Å². The molecule has 1 spiro atoms. The SMILES string of the molecule is [C-]#[N+]C1=CN(S(=O)(=O)c2ccc(C)cc2)c2c(sc3ccccc23)[C@H](c2cccs2)[C@@]12C(=O)N(C)c1ccccc12. The number of rotatable bonds is 3. The summed E-state index contributed by atoms with van der Waals surface area (Å²) in [4.78, 5) is 21.9. The van der Waals surface area contributed by atoms with E-state index in [1.807, 2.05) is 73.0 Å². The monoisotopic (exact) mass is 593 g/mol. The number of aryl methyl sites for hydroxylation is 1. The molecule has 3 aromatic carbocycles. The van der Waals surface area contributed by atoms with Crippen molar-refractivity contribution in [1.29, 1.82) is 0 Å². The molecule has 7 rings (SSSR count). The lowest BCUT2D eigenvalue weighted by atomic mass is 9.67. The van der Waals surface area contributed by atoms with Crippen LogP contribution in [0.3, 0.4) is 0 Å². The minimum atomic E-state index is -4.17. The fourth-order valence-corrected chi connectivity index (χ4v) is 9.94. The van der Waals surface area contributed by atoms with Crippen molar-refractivity contribution in [2.24, 2.45) is 0 Å². The molecule has 4 heterocycles. The third-order valence-corrected chi connectivity index (χ3v) is 11.8. The van der Waals surface area contributed by atoms with E-state index in [0.717, 1.165) is 25.4 Å². The molecule has 0 radical (unpaired) electrons. The molecule has 0 bridgehead atoms. The van der Waals surface area contributed by atoms with Gasteiger partial charge in [0.15, 0.2) is 0 Å². The van der Waals surface area contributed by atoms with E-state index in [0.29, 0.717) is 16.9 Å². The van der Waals surface area contributed by atoms with Crippen LogP contribution < -0.4 is 9.21 Å². The number of amides is 1. The van der Waals surface area contributed by atoms with E-state index in [1.165, 1.54) is 33.2 Å². The van der Waals surface area contributed by atoms with E-state index in [1.54, 1.807) is 36.2 Å². The Morgan fingerprint density at radius 2 is 1.68 bits per heavy atom. The number of fused-ring (bicyclic) bond motifs is 5. The molecule has 6 nitrogen and oxygen atoms in total. The Kier molecular flexibility index (Phi) is 5.74. The molecule has 0 saturated heterocycles. The summed E-state index contributed by atoms with van der Waals surface area (Å²) in [5, 5.41) is 2.72. The van der Waals surface area contributed by atoms with Crippen LogP contribution in [-0.4, -0.2) is 21.4 Å². The average Bonchev–Trinajstić information content (AvgIpc) is 3.67. The van der Waals surface area contributed by atoms with Gasteiger partial charge in [-0.3, -0.25) is 9.10 Å². The van der Waals surface area contributed by atoms with Crippen molar-refractivity contribution >= 4 is 60.1 Å². The van der Waals surface area contributed by atoms with Crippen LogP contribution in [0.15, 0.2) is 107 Å². The molecule has 2 aromatic heterocycles. The zero-order valence-electron chi connectivity index (χ0n) is 22.1. The standard InChI is InChI=1S/C32H23N3O3S3/c1-20-14-16-21(17-15-20)41(37,38)35-19-27(33-2)32(23-10-5-6-11-24(23)34(3)31(32)36)28(26-13-8-18-39-26)30-29(35)22-9-4-7-12-25(22)40-30/h4-19,28H,1,3H3/t28-,32-/m0/s1. The van der Waals surface area contributed by atoms with Gasteiger partial charge in [-0.1, -0.05) is 60.2 Å². The van der Waals surface area contributed by atoms with Crippen molar-refractivity contribution in [1.82, 2.24) is 0 Å². The van der Waals surface area contributed by atoms with Crippen LogP contribution in [0.4, 0.5) is 11.4 Å². The highest BCUT2D eigenvalue weighted by Gasteiger charge is 2.61. The van der Waals surface area contributed by atoms with Crippen molar-refractivity contribution in [3.63, 3.8) is 0 Å². The van der Waals surface area contributed by atoms with Crippen LogP contribution in [0, 0.1) is 13.5 Å². The largest absolute Gasteiger partial charge is 0.315 e. The predicted octanol–water partition coefficient (Wildman–Crippen LogP) is 7.29. The molecule has 2 aliphatic rings. The fraction of sp³-hybridized carbons (Fsp3) is 0.125. The number of para-hydroxylation sites is 1. The summed E-state index contributed by atoms with van der Waals surface area (Å²) >= 11 is 2.99. The van der Waals surface area contributed by atoms with Gasteiger partial charge in [0.25, 0.3) is 10.0 Å². The van der Waals surface area contributed by atoms with Crippen LogP contribution >= 0.6 is 22.7 Å². The quantitative estimate of drug-likeness (QED) is 0.207. The van der Waals surface area contributed by atoms with E-state index >= 15 is 0 Å². The lowest BCUT2D eigenvalue weighted by molar-refractivity contribution is -0.122. The predicted molar refractivity (Wildman–Crippen MR) is 165 cm³/mol. The number of benzene rings is 3. The first-order valence-electron chi connectivity index (χ1n) is 12.9. The second-order valence-electron chi connectivity index (χ2n) is 10.2. The Morgan fingerprint density at radius 1 is 0.951 bits per heavy atom. The minimum absolute atomic E-state index is 0.0702. The Morgan fingerprint density at radius 3 is 2.41 bits per heavy atom. The summed E-state index contributed by atoms with van der Waals surface area (Å²) in [5.74, 6) is -0.871. The molecule has 0 N–H and O–H groups in total. The van der Waals surface area contributed by atoms with Crippen LogP contribution in [0.25, 0.3) is 14.9 Å². The molecule has 202 valence electrons. The lowest BCUT2D eigenvalue weighted by Gasteiger charge is -2.34. The summed E-state index contributed by atoms with van der Waals surface area (Å²) in [6.07, 6.45) is 1.40. The molecule has 5 aromatic rings. The van der Waals surface area contributed by atoms with Gasteiger partial charge in [-0.15, -0.1) is 22.7 Å². The number of hydrogen-bond acceptors (Lipinski definition) is 5. The summed E-state index contributed by atoms with van der Waals surface area (Å²) in [5.41, 5.74) is 1.46. The van der Waals surface area contributed by atoms with Crippen molar-refractivity contribution in [2.75, 3.05) is 16.3 Å². The molecule has 1 amide bonds. The molecule has 0 unspecified atom stereocenters. The highest BCUT2D eigenvalue weighted by atomic mass is 32.2. The first-order valence-corrected chi connectivity index (χ1v) is 16.1. The summed E-state index contributed by atoms with van der Waals surface area (Å²) < 4.78 is 31.2. The molecule has 41 heavy (non-hydrogen) atoms. The van der Waals surface area contributed by atoms with Gasteiger partial charge in [0.05, 0.1) is 17.2 Å². The summed E-state index contributed by atoms with van der Waals surface area (Å²) in [6.45, 7) is 10.3. The van der Waals surface area contributed by atoms with E-state index in [-0.39, 0.29) is 16.5 Å². The van der Waals surface area contributed by atoms with Gasteiger partial charge in [-0.2, -0.15) is 0 Å². The first kappa shape index (κ1) is 25.7. The maximum absolute atomic E-state index is 14.6. The second-order valence-corrected chi connectivity index (χ2v) is 14.1. The van der Waals surface area contributed by atoms with Gasteiger partial charge in [-0.25, -0.2) is 13.3 Å². The fourth-order valence-electron chi connectivity index (χ4n) is 6.14. The van der Waals surface area contributed by atoms with Gasteiger partial charge in [0.1, 0.15) is 5.41 Å². The van der Waals surface area contributed by atoms with Gasteiger partial charge >= 0.3 is 0 Å². The number of nitrogens with zero attached hydrogens (tertiary/aromatic N) is 3. The van der Waals surface area contributed by atoms with E-state index < -0.39 is 21.4 Å². The molecular formula is C32H23N3O3S3. The van der Waals surface area contributed by atoms with Crippen molar-refractivity contribution < 1.29 is 13.2 Å². The smallest absolute Gasteiger partial charge is 0.267 e. The van der Waals surface area contributed by atoms with Crippen LogP contribution in [0.1, 0.15) is 26.8 Å². The van der Waals surface area contributed by atoms with Crippen molar-refractivity contribution in [2.45, 2.75) is 23.2 Å². The molecular weight excluding hydrogens is 571 g/mol. The molecule has 0 fully saturated rings. The molecule has 0 aliphatic carbocycles. The summed E-state index contributed by atoms with van der Waals surface area (Å²) in [7, 11) is -2.45. The molecule has 0 saturated carbocycles. The highest BCUT2D eigenvalue weighted by molar-refractivity contribution is 7.93. The molecule has 9 heteroatoms. The Hall–Kier alpha value is -4.23. The van der Waals surface area contributed by atoms with Crippen LogP contribution in [0.5, 0.6) is 0 Å². The Bertz CT molecular complexity index is 2040. The third kappa shape index (κ3) is 3.45. The van der Waals surface area contributed by atoms with E-state index in [2.05, 4.69) is 4.85 Å². The summed E-state index contributed by atoms with van der Waals surface area (Å²) in [6, 6.07) is 25.8. The van der Waals surface area contributed by atoms with Crippen molar-refractivity contribution in [3.8, 4) is 0 Å². The number of hydrogen-bond donors (Lipinski definition) is 0. The molecule has 2 aliphatic heterocycles. The maximum Gasteiger partial charge on any atom is 0.267 e. The number of carbonyl (C=O) groups is 1. The topological polar surface area (TPSA) is 62.1 Å². The number of thiophene rings is 2. The van der Waals surface area contributed by atoms with Crippen molar-refractivity contribution in [3.05, 3.63) is 135 Å². The van der Waals surface area contributed by atoms with Gasteiger partial charge in [-0.05, 0) is 48.2 Å². The Labute approximate surface area is 246 Å². The first-order chi connectivity index (χ1) is 19.8. The average molecular weight is 594 g/mol. The zero-order chi connectivity index (χ0) is 28.5. The van der Waals surface area contributed by atoms with Crippen LogP contribution in [-0.2, 0) is 20.2 Å². The maximum atomic E-state index is 14.6. The van der Waals surface area contributed by atoms with Gasteiger partial charge in [0.2, 0.25) is 11.6 Å². The normalized spacial score (nSPS) is 20.1. The lowest BCUT2D eigenvalue weighted by Crippen LogP contribution is -2.44. The third-order valence-electron chi connectivity index (χ3n) is 8.01.